The third-order valence-electron chi connectivity index (χ3n) is 4.64. The molecule has 7 heteroatoms. The van der Waals surface area contributed by atoms with Gasteiger partial charge in [-0.2, -0.15) is 0 Å². The minimum atomic E-state index is -3.01. The zero-order chi connectivity index (χ0) is 15.7. The largest absolute Gasteiger partial charge is 0.479 e. The number of carboxylic acids is 1. The van der Waals surface area contributed by atoms with Gasteiger partial charge in [0.2, 0.25) is 5.91 Å². The summed E-state index contributed by atoms with van der Waals surface area (Å²) in [5.74, 6) is -1.10. The number of carbonyl (C=O) groups excluding carboxylic acids is 1. The zero-order valence-electron chi connectivity index (χ0n) is 12.4. The lowest BCUT2D eigenvalue weighted by Gasteiger charge is -2.35. The van der Waals surface area contributed by atoms with Crippen LogP contribution in [0.1, 0.15) is 45.4 Å². The van der Waals surface area contributed by atoms with Crippen molar-refractivity contribution in [2.24, 2.45) is 5.92 Å². The molecule has 0 bridgehead atoms. The first kappa shape index (κ1) is 16.3. The van der Waals surface area contributed by atoms with Gasteiger partial charge in [-0.05, 0) is 31.6 Å². The van der Waals surface area contributed by atoms with Gasteiger partial charge in [0, 0.05) is 13.0 Å². The van der Waals surface area contributed by atoms with Gasteiger partial charge < -0.3 is 10.0 Å². The summed E-state index contributed by atoms with van der Waals surface area (Å²) < 4.78 is 22.9. The second kappa shape index (κ2) is 5.94. The van der Waals surface area contributed by atoms with E-state index in [1.54, 1.807) is 0 Å². The van der Waals surface area contributed by atoms with Crippen LogP contribution in [-0.4, -0.2) is 53.9 Å². The second-order valence-corrected chi connectivity index (χ2v) is 8.44. The monoisotopic (exact) mass is 317 g/mol. The fourth-order valence-electron chi connectivity index (χ4n) is 3.63. The summed E-state index contributed by atoms with van der Waals surface area (Å²) in [7, 11) is -3.01. The fraction of sp³-hybridized carbons (Fsp3) is 0.857. The second-order valence-electron chi connectivity index (χ2n) is 6.21. The van der Waals surface area contributed by atoms with Crippen molar-refractivity contribution >= 4 is 21.7 Å². The van der Waals surface area contributed by atoms with Crippen LogP contribution in [0.2, 0.25) is 0 Å². The molecule has 1 N–H and O–H groups in total. The number of hydrogen-bond acceptors (Lipinski definition) is 4. The van der Waals surface area contributed by atoms with Crippen LogP contribution in [0.5, 0.6) is 0 Å². The van der Waals surface area contributed by atoms with Crippen LogP contribution in [0.3, 0.4) is 0 Å². The number of amides is 1. The highest BCUT2D eigenvalue weighted by Gasteiger charge is 2.49. The van der Waals surface area contributed by atoms with E-state index in [0.29, 0.717) is 38.6 Å². The van der Waals surface area contributed by atoms with Gasteiger partial charge >= 0.3 is 5.97 Å². The minimum absolute atomic E-state index is 0.0560. The summed E-state index contributed by atoms with van der Waals surface area (Å²) in [6, 6.07) is 0. The molecule has 0 saturated carbocycles. The molecule has 0 aromatic carbocycles. The number of aliphatic carboxylic acids is 1. The quantitative estimate of drug-likeness (QED) is 0.818. The molecule has 2 rings (SSSR count). The van der Waals surface area contributed by atoms with Gasteiger partial charge in [0.1, 0.15) is 5.54 Å². The van der Waals surface area contributed by atoms with Gasteiger partial charge in [-0.1, -0.05) is 13.3 Å². The average molecular weight is 317 g/mol. The Morgan fingerprint density at radius 3 is 2.62 bits per heavy atom. The van der Waals surface area contributed by atoms with Gasteiger partial charge in [0.05, 0.1) is 11.5 Å². The lowest BCUT2D eigenvalue weighted by Crippen LogP contribution is -2.53. The van der Waals surface area contributed by atoms with E-state index in [-0.39, 0.29) is 29.8 Å². The van der Waals surface area contributed by atoms with E-state index in [1.165, 1.54) is 4.90 Å². The molecular formula is C14H23NO5S. The molecule has 2 aliphatic heterocycles. The van der Waals surface area contributed by atoms with Crippen LogP contribution in [0.4, 0.5) is 0 Å². The lowest BCUT2D eigenvalue weighted by atomic mass is 9.90. The Morgan fingerprint density at radius 2 is 2.10 bits per heavy atom. The molecule has 0 radical (unpaired) electrons. The Balaban J connectivity index is 2.09. The molecule has 0 aliphatic carbocycles. The molecule has 0 spiro atoms. The van der Waals surface area contributed by atoms with Gasteiger partial charge in [-0.25, -0.2) is 13.2 Å². The molecule has 2 fully saturated rings. The molecule has 0 aromatic heterocycles. The number of hydrogen-bond donors (Lipinski definition) is 1. The van der Waals surface area contributed by atoms with E-state index in [0.717, 1.165) is 0 Å². The molecule has 2 aliphatic rings. The van der Waals surface area contributed by atoms with Crippen molar-refractivity contribution in [1.29, 1.82) is 0 Å². The van der Waals surface area contributed by atoms with Gasteiger partial charge in [-0.3, -0.25) is 4.79 Å². The molecule has 2 atom stereocenters. The Morgan fingerprint density at radius 1 is 1.38 bits per heavy atom. The third-order valence-corrected chi connectivity index (χ3v) is 6.48. The van der Waals surface area contributed by atoms with Crippen LogP contribution in [0, 0.1) is 5.92 Å². The highest BCUT2D eigenvalue weighted by molar-refractivity contribution is 7.91. The number of sulfone groups is 1. The van der Waals surface area contributed by atoms with Crippen LogP contribution in [0.15, 0.2) is 0 Å². The first-order chi connectivity index (χ1) is 9.81. The zero-order valence-corrected chi connectivity index (χ0v) is 13.2. The van der Waals surface area contributed by atoms with E-state index in [2.05, 4.69) is 0 Å². The Hall–Kier alpha value is -1.11. The maximum atomic E-state index is 12.5. The summed E-state index contributed by atoms with van der Waals surface area (Å²) in [4.78, 5) is 25.6. The van der Waals surface area contributed by atoms with Gasteiger partial charge in [0.15, 0.2) is 9.84 Å². The van der Waals surface area contributed by atoms with Crippen LogP contribution in [-0.2, 0) is 19.4 Å². The Kier molecular flexibility index (Phi) is 4.60. The molecular weight excluding hydrogens is 294 g/mol. The topological polar surface area (TPSA) is 91.8 Å². The summed E-state index contributed by atoms with van der Waals surface area (Å²) in [5, 5.41) is 9.57. The van der Waals surface area contributed by atoms with Crippen molar-refractivity contribution in [2.75, 3.05) is 18.1 Å². The minimum Gasteiger partial charge on any atom is -0.479 e. The van der Waals surface area contributed by atoms with Gasteiger partial charge in [-0.15, -0.1) is 0 Å². The Labute approximate surface area is 125 Å². The first-order valence-corrected chi connectivity index (χ1v) is 9.37. The van der Waals surface area contributed by atoms with Crippen molar-refractivity contribution in [3.8, 4) is 0 Å². The van der Waals surface area contributed by atoms with Crippen LogP contribution < -0.4 is 0 Å². The molecule has 0 aromatic rings. The van der Waals surface area contributed by atoms with E-state index in [9.17, 15) is 23.1 Å². The number of nitrogens with zero attached hydrogens (tertiary/aromatic N) is 1. The maximum absolute atomic E-state index is 12.5. The summed E-state index contributed by atoms with van der Waals surface area (Å²) in [5.41, 5.74) is -1.08. The highest BCUT2D eigenvalue weighted by atomic mass is 32.2. The van der Waals surface area contributed by atoms with E-state index in [4.69, 9.17) is 0 Å². The van der Waals surface area contributed by atoms with Crippen molar-refractivity contribution in [2.45, 2.75) is 51.0 Å². The maximum Gasteiger partial charge on any atom is 0.329 e. The normalized spacial score (nSPS) is 31.5. The van der Waals surface area contributed by atoms with E-state index >= 15 is 0 Å². The molecule has 1 amide bonds. The van der Waals surface area contributed by atoms with Crippen molar-refractivity contribution in [3.63, 3.8) is 0 Å². The fourth-order valence-corrected chi connectivity index (χ4v) is 5.50. The van der Waals surface area contributed by atoms with Crippen LogP contribution >= 0.6 is 0 Å². The summed E-state index contributed by atoms with van der Waals surface area (Å²) >= 11 is 0. The number of rotatable bonds is 5. The number of carbonyl (C=O) groups is 2. The third kappa shape index (κ3) is 3.22. The van der Waals surface area contributed by atoms with Crippen molar-refractivity contribution in [1.82, 2.24) is 4.90 Å². The standard InChI is InChI=1S/C14H23NO5S/c1-2-5-14(13(17)18)6-3-7-15(14)12(16)9-11-4-8-21(19,20)10-11/h11H,2-10H2,1H3,(H,17,18). The molecule has 2 saturated heterocycles. The number of likely N-dealkylation sites (tertiary alicyclic amines) is 1. The molecule has 120 valence electrons. The predicted molar refractivity (Wildman–Crippen MR) is 77.6 cm³/mol. The molecule has 2 unspecified atom stereocenters. The predicted octanol–water partition coefficient (Wildman–Crippen LogP) is 1.06. The smallest absolute Gasteiger partial charge is 0.329 e. The SMILES string of the molecule is CCCC1(C(=O)O)CCCN1C(=O)CC1CCS(=O)(=O)C1. The number of carboxylic acid groups (broad SMARTS) is 1. The molecule has 6 nitrogen and oxygen atoms in total. The van der Waals surface area contributed by atoms with Gasteiger partial charge in [0.25, 0.3) is 0 Å². The van der Waals surface area contributed by atoms with Crippen molar-refractivity contribution < 1.29 is 23.1 Å². The Bertz CT molecular complexity index is 529. The summed E-state index contributed by atoms with van der Waals surface area (Å²) in [6.45, 7) is 2.37. The average Bonchev–Trinajstić information content (AvgIpc) is 2.94. The van der Waals surface area contributed by atoms with Crippen molar-refractivity contribution in [3.05, 3.63) is 0 Å². The van der Waals surface area contributed by atoms with E-state index < -0.39 is 21.3 Å². The molecule has 21 heavy (non-hydrogen) atoms. The van der Waals surface area contributed by atoms with Crippen LogP contribution in [0.25, 0.3) is 0 Å². The first-order valence-electron chi connectivity index (χ1n) is 7.55. The highest BCUT2D eigenvalue weighted by Crippen LogP contribution is 2.35. The summed E-state index contributed by atoms with van der Waals surface area (Å²) in [6.07, 6.45) is 3.00. The van der Waals surface area contributed by atoms with E-state index in [1.807, 2.05) is 6.92 Å². The molecule has 2 heterocycles. The lowest BCUT2D eigenvalue weighted by molar-refractivity contribution is -0.157.